The van der Waals surface area contributed by atoms with Crippen molar-refractivity contribution >= 4 is 11.8 Å². The predicted molar refractivity (Wildman–Crippen MR) is 146 cm³/mol. The Morgan fingerprint density at radius 2 is 1.85 bits per heavy atom. The number of rotatable bonds is 8. The molecule has 3 N–H and O–H groups in total. The molecule has 214 valence electrons. The molecule has 8 nitrogen and oxygen atoms in total. The van der Waals surface area contributed by atoms with E-state index >= 15 is 4.39 Å². The highest BCUT2D eigenvalue weighted by Crippen LogP contribution is 2.33. The summed E-state index contributed by atoms with van der Waals surface area (Å²) in [5, 5.41) is 19.8. The second-order valence-electron chi connectivity index (χ2n) is 11.7. The third-order valence-electron chi connectivity index (χ3n) is 7.81. The Bertz CT molecular complexity index is 1310. The van der Waals surface area contributed by atoms with Gasteiger partial charge in [-0.15, -0.1) is 0 Å². The molecule has 40 heavy (non-hydrogen) atoms. The molecular formula is C30H36F2N4O4. The summed E-state index contributed by atoms with van der Waals surface area (Å²) >= 11 is 0. The molecule has 0 spiro atoms. The van der Waals surface area contributed by atoms with Gasteiger partial charge in [-0.05, 0) is 88.0 Å². The summed E-state index contributed by atoms with van der Waals surface area (Å²) < 4.78 is 35.1. The van der Waals surface area contributed by atoms with Gasteiger partial charge in [0, 0.05) is 19.5 Å². The second-order valence-corrected chi connectivity index (χ2v) is 11.7. The highest BCUT2D eigenvalue weighted by molar-refractivity contribution is 6.00. The molecule has 4 rings (SSSR count). The van der Waals surface area contributed by atoms with Gasteiger partial charge in [0.05, 0.1) is 23.8 Å². The van der Waals surface area contributed by atoms with Gasteiger partial charge in [-0.3, -0.25) is 9.59 Å². The Labute approximate surface area is 233 Å². The summed E-state index contributed by atoms with van der Waals surface area (Å²) in [5.74, 6) is -1.56. The van der Waals surface area contributed by atoms with Crippen molar-refractivity contribution in [3.8, 4) is 22.9 Å². The normalized spacial score (nSPS) is 22.2. The number of likely N-dealkylation sites (tertiary alicyclic amines) is 2. The fourth-order valence-corrected chi connectivity index (χ4v) is 5.57. The fraction of sp³-hybridized carbons (Fsp3) is 0.500. The third-order valence-corrected chi connectivity index (χ3v) is 7.81. The van der Waals surface area contributed by atoms with Crippen LogP contribution < -0.4 is 10.5 Å². The number of piperidine rings is 1. The molecule has 0 bridgehead atoms. The van der Waals surface area contributed by atoms with E-state index in [1.54, 1.807) is 38.1 Å². The Morgan fingerprint density at radius 1 is 1.20 bits per heavy atom. The number of hydrogen-bond acceptors (Lipinski definition) is 6. The number of carbonyl (C=O) groups is 2. The first kappa shape index (κ1) is 29.4. The second kappa shape index (κ2) is 11.5. The van der Waals surface area contributed by atoms with Crippen LogP contribution in [0.2, 0.25) is 0 Å². The molecule has 2 amide bonds. The van der Waals surface area contributed by atoms with Crippen LogP contribution in [0, 0.1) is 23.1 Å². The molecule has 10 heteroatoms. The number of β-amino-alcohol motifs (C(OH)–C–C–N with tert-alkyl or cyclic N) is 1. The van der Waals surface area contributed by atoms with E-state index in [2.05, 4.69) is 11.0 Å². The van der Waals surface area contributed by atoms with Gasteiger partial charge in [0.1, 0.15) is 28.8 Å². The SMILES string of the molecule is CC(C)(F)CN1CCC(COc2ccc(-c3ccc(C(=O)N4C[C@H](O)C[C@@]4(C)C(N)=O)c(F)c3)cc2C#N)CC1. The maximum absolute atomic E-state index is 15.2. The molecule has 0 radical (unpaired) electrons. The van der Waals surface area contributed by atoms with Gasteiger partial charge in [-0.1, -0.05) is 12.1 Å². The number of alkyl halides is 1. The Balaban J connectivity index is 1.43. The van der Waals surface area contributed by atoms with Crippen LogP contribution in [-0.4, -0.2) is 76.8 Å². The average Bonchev–Trinajstić information content (AvgIpc) is 3.22. The van der Waals surface area contributed by atoms with E-state index in [-0.39, 0.29) is 18.5 Å². The maximum Gasteiger partial charge on any atom is 0.257 e. The largest absolute Gasteiger partial charge is 0.492 e. The minimum absolute atomic E-state index is 0.0180. The number of aliphatic hydroxyl groups is 1. The van der Waals surface area contributed by atoms with Crippen LogP contribution >= 0.6 is 0 Å². The fourth-order valence-electron chi connectivity index (χ4n) is 5.57. The molecule has 2 aliphatic heterocycles. The number of nitrogens with zero attached hydrogens (tertiary/aromatic N) is 3. The van der Waals surface area contributed by atoms with Crippen molar-refractivity contribution in [1.82, 2.24) is 9.80 Å². The number of aliphatic hydroxyl groups excluding tert-OH is 1. The standard InChI is InChI=1S/C30H36F2N4O4/c1-29(2,32)18-35-10-8-19(9-11-35)17-40-26-7-5-20(12-22(26)15-33)21-4-6-24(25(31)13-21)27(38)36-16-23(37)14-30(36,3)28(34)39/h4-7,12-13,19,23,37H,8-11,14,16-18H2,1-3H3,(H2,34,39)/t23-,30+/m1/s1. The van der Waals surface area contributed by atoms with Crippen LogP contribution in [0.15, 0.2) is 36.4 Å². The van der Waals surface area contributed by atoms with Gasteiger partial charge in [0.25, 0.3) is 5.91 Å². The van der Waals surface area contributed by atoms with Crippen molar-refractivity contribution < 1.29 is 28.2 Å². The van der Waals surface area contributed by atoms with Crippen LogP contribution in [-0.2, 0) is 4.79 Å². The Kier molecular flexibility index (Phi) is 8.47. The molecule has 2 aromatic rings. The topological polar surface area (TPSA) is 120 Å². The summed E-state index contributed by atoms with van der Waals surface area (Å²) in [4.78, 5) is 28.3. The highest BCUT2D eigenvalue weighted by Gasteiger charge is 2.49. The maximum atomic E-state index is 15.2. The van der Waals surface area contributed by atoms with Crippen molar-refractivity contribution in [3.63, 3.8) is 0 Å². The van der Waals surface area contributed by atoms with Crippen LogP contribution in [0.1, 0.15) is 56.0 Å². The van der Waals surface area contributed by atoms with Gasteiger partial charge in [-0.25, -0.2) is 8.78 Å². The zero-order valence-corrected chi connectivity index (χ0v) is 23.1. The number of hydrogen-bond donors (Lipinski definition) is 2. The monoisotopic (exact) mass is 554 g/mol. The molecule has 2 fully saturated rings. The van der Waals surface area contributed by atoms with E-state index in [1.807, 2.05) is 0 Å². The van der Waals surface area contributed by atoms with E-state index in [9.17, 15) is 24.3 Å². The van der Waals surface area contributed by atoms with Crippen molar-refractivity contribution in [2.24, 2.45) is 11.7 Å². The summed E-state index contributed by atoms with van der Waals surface area (Å²) in [7, 11) is 0. The van der Waals surface area contributed by atoms with E-state index in [1.165, 1.54) is 19.1 Å². The molecule has 2 saturated heterocycles. The Hall–Kier alpha value is -3.55. The van der Waals surface area contributed by atoms with Gasteiger partial charge in [-0.2, -0.15) is 5.26 Å². The van der Waals surface area contributed by atoms with Crippen molar-refractivity contribution in [3.05, 3.63) is 53.3 Å². The molecule has 2 heterocycles. The minimum Gasteiger partial charge on any atom is -0.492 e. The van der Waals surface area contributed by atoms with Gasteiger partial charge in [0.2, 0.25) is 5.91 Å². The molecule has 0 aliphatic carbocycles. The third kappa shape index (κ3) is 6.43. The number of carbonyl (C=O) groups excluding carboxylic acids is 2. The first-order valence-electron chi connectivity index (χ1n) is 13.5. The molecule has 0 aromatic heterocycles. The lowest BCUT2D eigenvalue weighted by atomic mass is 9.96. The summed E-state index contributed by atoms with van der Waals surface area (Å²) in [6.07, 6.45) is 0.816. The number of amides is 2. The average molecular weight is 555 g/mol. The van der Waals surface area contributed by atoms with Gasteiger partial charge >= 0.3 is 0 Å². The molecule has 2 atom stereocenters. The Morgan fingerprint density at radius 3 is 2.45 bits per heavy atom. The van der Waals surface area contributed by atoms with Crippen molar-refractivity contribution in [2.45, 2.75) is 57.3 Å². The first-order chi connectivity index (χ1) is 18.8. The van der Waals surface area contributed by atoms with Crippen molar-refractivity contribution in [2.75, 3.05) is 32.8 Å². The quantitative estimate of drug-likeness (QED) is 0.514. The minimum atomic E-state index is -1.42. The highest BCUT2D eigenvalue weighted by atomic mass is 19.1. The molecular weight excluding hydrogens is 518 g/mol. The van der Waals surface area contributed by atoms with E-state index in [0.29, 0.717) is 41.5 Å². The molecule has 0 unspecified atom stereocenters. The van der Waals surface area contributed by atoms with Gasteiger partial charge in [0.15, 0.2) is 0 Å². The predicted octanol–water partition coefficient (Wildman–Crippen LogP) is 3.65. The van der Waals surface area contributed by atoms with Crippen LogP contribution in [0.4, 0.5) is 8.78 Å². The van der Waals surface area contributed by atoms with E-state index in [0.717, 1.165) is 30.8 Å². The summed E-state index contributed by atoms with van der Waals surface area (Å²) in [5.41, 5.74) is 3.93. The number of nitriles is 1. The number of ether oxygens (including phenoxy) is 1. The molecule has 2 aromatic carbocycles. The van der Waals surface area contributed by atoms with E-state index in [4.69, 9.17) is 10.5 Å². The first-order valence-corrected chi connectivity index (χ1v) is 13.5. The number of halogens is 2. The zero-order valence-electron chi connectivity index (χ0n) is 23.1. The number of nitrogens with two attached hydrogens (primary N) is 1. The van der Waals surface area contributed by atoms with E-state index < -0.39 is 34.9 Å². The lowest BCUT2D eigenvalue weighted by molar-refractivity contribution is -0.126. The van der Waals surface area contributed by atoms with Crippen LogP contribution in [0.3, 0.4) is 0 Å². The smallest absolute Gasteiger partial charge is 0.257 e. The zero-order chi connectivity index (χ0) is 29.2. The van der Waals surface area contributed by atoms with Crippen molar-refractivity contribution in [1.29, 1.82) is 5.26 Å². The number of primary amides is 1. The number of benzene rings is 2. The lowest BCUT2D eigenvalue weighted by Gasteiger charge is -2.34. The molecule has 0 saturated carbocycles. The van der Waals surface area contributed by atoms with Crippen LogP contribution in [0.25, 0.3) is 11.1 Å². The summed E-state index contributed by atoms with van der Waals surface area (Å²) in [6.45, 7) is 6.95. The van der Waals surface area contributed by atoms with Crippen LogP contribution in [0.5, 0.6) is 5.75 Å². The van der Waals surface area contributed by atoms with Gasteiger partial charge < -0.3 is 25.4 Å². The lowest BCUT2D eigenvalue weighted by Crippen LogP contribution is -2.54. The molecule has 2 aliphatic rings. The summed E-state index contributed by atoms with van der Waals surface area (Å²) in [6, 6.07) is 11.2.